The summed E-state index contributed by atoms with van der Waals surface area (Å²) in [6.07, 6.45) is -3.25. The predicted molar refractivity (Wildman–Crippen MR) is 124 cm³/mol. The zero-order valence-electron chi connectivity index (χ0n) is 19.5. The van der Waals surface area contributed by atoms with Crippen molar-refractivity contribution >= 4 is 28.6 Å². The molecule has 2 aliphatic heterocycles. The van der Waals surface area contributed by atoms with Crippen LogP contribution in [-0.2, 0) is 15.1 Å². The van der Waals surface area contributed by atoms with Gasteiger partial charge in [0, 0.05) is 11.6 Å². The van der Waals surface area contributed by atoms with Crippen LogP contribution in [0.3, 0.4) is 0 Å². The van der Waals surface area contributed by atoms with Crippen molar-refractivity contribution in [2.45, 2.75) is 70.0 Å². The van der Waals surface area contributed by atoms with Gasteiger partial charge in [0.15, 0.2) is 18.3 Å². The molecule has 9 nitrogen and oxygen atoms in total. The number of rotatable bonds is 5. The van der Waals surface area contributed by atoms with Crippen molar-refractivity contribution in [1.82, 2.24) is 19.5 Å². The molecule has 1 aromatic carbocycles. The first-order valence-electron chi connectivity index (χ1n) is 11.3. The van der Waals surface area contributed by atoms with Gasteiger partial charge in [-0.3, -0.25) is 0 Å². The monoisotopic (exact) mass is 509 g/mol. The first kappa shape index (κ1) is 24.3. The van der Waals surface area contributed by atoms with Crippen LogP contribution in [0.1, 0.15) is 39.6 Å². The largest absolute Gasteiger partial charge is 0.388 e. The van der Waals surface area contributed by atoms with E-state index >= 15 is 4.39 Å². The molecular weight excluding hydrogens is 484 g/mol. The van der Waals surface area contributed by atoms with Gasteiger partial charge in [-0.2, -0.15) is 0 Å². The van der Waals surface area contributed by atoms with Crippen molar-refractivity contribution < 1.29 is 28.5 Å². The van der Waals surface area contributed by atoms with Crippen LogP contribution in [0.15, 0.2) is 18.3 Å². The molecular formula is C23H26ClF2N5O4. The van der Waals surface area contributed by atoms with Crippen LogP contribution in [0.2, 0.25) is 5.02 Å². The van der Waals surface area contributed by atoms with Crippen LogP contribution in [0.4, 0.5) is 14.7 Å². The molecule has 188 valence electrons. The quantitative estimate of drug-likeness (QED) is 0.480. The number of nitrogens with zero attached hydrogens (tertiary/aromatic N) is 4. The Labute approximate surface area is 205 Å². The molecule has 1 unspecified atom stereocenters. The SMILES string of the molecule is CC(C)n1c(C(C)(C)O)nc2c(F)cc(-c3nc(NC4[C@H](O)[C@@H]5CO[C@@H](O5)[C@H]4F)ncc3Cl)cc21. The normalized spacial score (nSPS) is 26.6. The van der Waals surface area contributed by atoms with Gasteiger partial charge in [0.05, 0.1) is 35.1 Å². The lowest BCUT2D eigenvalue weighted by atomic mass is 9.99. The van der Waals surface area contributed by atoms with Crippen molar-refractivity contribution in [3.63, 3.8) is 0 Å². The Kier molecular flexibility index (Phi) is 5.96. The van der Waals surface area contributed by atoms with E-state index in [9.17, 15) is 14.6 Å². The number of nitrogens with one attached hydrogen (secondary N) is 1. The number of imidazole rings is 1. The van der Waals surface area contributed by atoms with Gasteiger partial charge in [0.25, 0.3) is 0 Å². The van der Waals surface area contributed by atoms with Gasteiger partial charge in [-0.1, -0.05) is 11.6 Å². The number of aromatic nitrogens is 4. The zero-order valence-corrected chi connectivity index (χ0v) is 20.3. The van der Waals surface area contributed by atoms with Gasteiger partial charge in [0.2, 0.25) is 5.95 Å². The standard InChI is InChI=1S/C23H26ClF2N5O4/c1-9(2)31-13-6-10(5-12(25)17(13)28-21(31)23(3,4)33)16-11(24)7-27-22(29-16)30-18-15(26)20-34-8-14(35-20)19(18)32/h5-7,9,14-15,18-20,32-33H,8H2,1-4H3,(H,27,29,30)/t14-,15-,18?,19+,20-/m0/s1. The minimum atomic E-state index is -1.65. The molecule has 2 saturated heterocycles. The molecule has 4 heterocycles. The highest BCUT2D eigenvalue weighted by Crippen LogP contribution is 2.36. The summed E-state index contributed by atoms with van der Waals surface area (Å²) in [5.74, 6) is -0.273. The third-order valence-electron chi connectivity index (χ3n) is 6.21. The van der Waals surface area contributed by atoms with Crippen LogP contribution in [0.25, 0.3) is 22.3 Å². The Hall–Kier alpha value is -2.44. The first-order chi connectivity index (χ1) is 16.5. The number of halogens is 3. The average Bonchev–Trinajstić information content (AvgIpc) is 3.40. The average molecular weight is 510 g/mol. The lowest BCUT2D eigenvalue weighted by molar-refractivity contribution is -0.164. The molecule has 0 spiro atoms. The second-order valence-corrected chi connectivity index (χ2v) is 10.1. The van der Waals surface area contributed by atoms with Crippen LogP contribution < -0.4 is 5.32 Å². The molecule has 2 aliphatic rings. The van der Waals surface area contributed by atoms with E-state index in [2.05, 4.69) is 20.3 Å². The third kappa shape index (κ3) is 4.15. The van der Waals surface area contributed by atoms with Gasteiger partial charge < -0.3 is 29.6 Å². The van der Waals surface area contributed by atoms with Gasteiger partial charge in [0.1, 0.15) is 29.2 Å². The Morgan fingerprint density at radius 1 is 1.29 bits per heavy atom. The van der Waals surface area contributed by atoms with Crippen LogP contribution in [-0.4, -0.2) is 67.1 Å². The van der Waals surface area contributed by atoms with Crippen molar-refractivity contribution in [3.05, 3.63) is 35.0 Å². The lowest BCUT2D eigenvalue weighted by Crippen LogP contribution is -2.55. The molecule has 3 aromatic rings. The summed E-state index contributed by atoms with van der Waals surface area (Å²) in [7, 11) is 0. The summed E-state index contributed by atoms with van der Waals surface area (Å²) in [6, 6.07) is 1.75. The molecule has 5 rings (SSSR count). The molecule has 2 fully saturated rings. The maximum atomic E-state index is 15.2. The molecule has 2 bridgehead atoms. The third-order valence-corrected chi connectivity index (χ3v) is 6.49. The molecule has 0 aliphatic carbocycles. The van der Waals surface area contributed by atoms with Crippen molar-refractivity contribution in [3.8, 4) is 11.3 Å². The molecule has 0 saturated carbocycles. The Morgan fingerprint density at radius 3 is 2.71 bits per heavy atom. The topological polar surface area (TPSA) is 115 Å². The summed E-state index contributed by atoms with van der Waals surface area (Å²) in [5, 5.41) is 24.0. The molecule has 0 amide bonds. The van der Waals surface area contributed by atoms with E-state index in [4.69, 9.17) is 21.1 Å². The van der Waals surface area contributed by atoms with Gasteiger partial charge in [-0.25, -0.2) is 23.7 Å². The van der Waals surface area contributed by atoms with Gasteiger partial charge in [-0.05, 0) is 39.8 Å². The van der Waals surface area contributed by atoms with E-state index in [1.165, 1.54) is 12.3 Å². The number of benzene rings is 1. The highest BCUT2D eigenvalue weighted by atomic mass is 35.5. The van der Waals surface area contributed by atoms with Crippen molar-refractivity contribution in [2.75, 3.05) is 11.9 Å². The van der Waals surface area contributed by atoms with Crippen LogP contribution in [0, 0.1) is 5.82 Å². The number of hydrogen-bond donors (Lipinski definition) is 3. The molecule has 0 radical (unpaired) electrons. The minimum Gasteiger partial charge on any atom is -0.388 e. The minimum absolute atomic E-state index is 0.00690. The highest BCUT2D eigenvalue weighted by Gasteiger charge is 2.51. The summed E-state index contributed by atoms with van der Waals surface area (Å²) >= 11 is 6.37. The summed E-state index contributed by atoms with van der Waals surface area (Å²) < 4.78 is 42.3. The van der Waals surface area contributed by atoms with E-state index in [1.807, 2.05) is 13.8 Å². The summed E-state index contributed by atoms with van der Waals surface area (Å²) in [6.45, 7) is 7.08. The lowest BCUT2D eigenvalue weighted by Gasteiger charge is -2.34. The Balaban J connectivity index is 1.56. The van der Waals surface area contributed by atoms with E-state index < -0.39 is 42.1 Å². The number of alkyl halides is 1. The molecule has 5 atom stereocenters. The second-order valence-electron chi connectivity index (χ2n) is 9.66. The van der Waals surface area contributed by atoms with Crippen LogP contribution in [0.5, 0.6) is 0 Å². The summed E-state index contributed by atoms with van der Waals surface area (Å²) in [5.41, 5.74) is -0.154. The van der Waals surface area contributed by atoms with E-state index in [0.29, 0.717) is 16.9 Å². The van der Waals surface area contributed by atoms with E-state index in [0.717, 1.165) is 0 Å². The second kappa shape index (κ2) is 8.59. The first-order valence-corrected chi connectivity index (χ1v) is 11.7. The van der Waals surface area contributed by atoms with Crippen LogP contribution >= 0.6 is 11.6 Å². The maximum absolute atomic E-state index is 15.2. The molecule has 12 heteroatoms. The van der Waals surface area contributed by atoms with E-state index in [-0.39, 0.29) is 34.8 Å². The highest BCUT2D eigenvalue weighted by molar-refractivity contribution is 6.33. The number of fused-ring (bicyclic) bond motifs is 3. The fourth-order valence-electron chi connectivity index (χ4n) is 4.57. The van der Waals surface area contributed by atoms with Crippen molar-refractivity contribution in [2.24, 2.45) is 0 Å². The summed E-state index contributed by atoms with van der Waals surface area (Å²) in [4.78, 5) is 12.9. The van der Waals surface area contributed by atoms with E-state index in [1.54, 1.807) is 24.5 Å². The molecule has 2 aromatic heterocycles. The van der Waals surface area contributed by atoms with Gasteiger partial charge in [-0.15, -0.1) is 0 Å². The Bertz CT molecular complexity index is 1270. The number of anilines is 1. The van der Waals surface area contributed by atoms with Crippen molar-refractivity contribution in [1.29, 1.82) is 0 Å². The fourth-order valence-corrected chi connectivity index (χ4v) is 4.77. The predicted octanol–water partition coefficient (Wildman–Crippen LogP) is 3.33. The smallest absolute Gasteiger partial charge is 0.223 e. The fraction of sp³-hybridized carbons (Fsp3) is 0.522. The van der Waals surface area contributed by atoms with Gasteiger partial charge >= 0.3 is 0 Å². The molecule has 3 N–H and O–H groups in total. The zero-order chi connectivity index (χ0) is 25.2. The number of aliphatic hydroxyl groups excluding tert-OH is 1. The number of aliphatic hydroxyl groups is 2. The number of ether oxygens (including phenoxy) is 2. The molecule has 35 heavy (non-hydrogen) atoms. The Morgan fingerprint density at radius 2 is 2.03 bits per heavy atom. The number of hydrogen-bond acceptors (Lipinski definition) is 8. The maximum Gasteiger partial charge on any atom is 0.223 e.